The Hall–Kier alpha value is -1.72. The summed E-state index contributed by atoms with van der Waals surface area (Å²) in [5, 5.41) is 7.23. The normalized spacial score (nSPS) is 11.6. The molecule has 0 aliphatic rings. The highest BCUT2D eigenvalue weighted by atomic mass is 16.5. The Morgan fingerprint density at radius 1 is 1.67 bits per heavy atom. The molecule has 0 atom stereocenters. The molecule has 84 valence electrons. The van der Waals surface area contributed by atoms with Gasteiger partial charge in [0.2, 0.25) is 5.88 Å². The van der Waals surface area contributed by atoms with E-state index in [-0.39, 0.29) is 0 Å². The van der Waals surface area contributed by atoms with Crippen LogP contribution in [-0.4, -0.2) is 29.9 Å². The molecule has 3 N–H and O–H groups in total. The Morgan fingerprint density at radius 3 is 2.87 bits per heavy atom. The Morgan fingerprint density at radius 2 is 2.33 bits per heavy atom. The average molecular weight is 211 g/mol. The molecule has 0 radical (unpaired) electrons. The third kappa shape index (κ3) is 2.39. The number of methoxy groups -OCH3 is 1. The SMILES string of the molecule is CN=C(N)NCc1c(C)nn(C)c1OC. The molecule has 0 aliphatic carbocycles. The van der Waals surface area contributed by atoms with E-state index in [1.54, 1.807) is 18.8 Å². The summed E-state index contributed by atoms with van der Waals surface area (Å²) >= 11 is 0. The van der Waals surface area contributed by atoms with Crippen molar-refractivity contribution in [1.29, 1.82) is 0 Å². The second-order valence-electron chi connectivity index (χ2n) is 3.16. The minimum absolute atomic E-state index is 0.403. The van der Waals surface area contributed by atoms with Crippen molar-refractivity contribution in [2.45, 2.75) is 13.5 Å². The lowest BCUT2D eigenvalue weighted by molar-refractivity contribution is 0.369. The van der Waals surface area contributed by atoms with Crippen molar-refractivity contribution in [3.8, 4) is 5.88 Å². The summed E-state index contributed by atoms with van der Waals surface area (Å²) in [7, 11) is 5.10. The lowest BCUT2D eigenvalue weighted by Crippen LogP contribution is -2.31. The first-order valence-corrected chi connectivity index (χ1v) is 4.62. The Kier molecular flexibility index (Phi) is 3.54. The molecule has 0 spiro atoms. The molecular weight excluding hydrogens is 194 g/mol. The van der Waals surface area contributed by atoms with Crippen molar-refractivity contribution in [1.82, 2.24) is 15.1 Å². The molecule has 15 heavy (non-hydrogen) atoms. The molecule has 0 unspecified atom stereocenters. The molecule has 0 fully saturated rings. The predicted octanol–water partition coefficient (Wildman–Crippen LogP) is -0.229. The zero-order valence-electron chi connectivity index (χ0n) is 9.53. The van der Waals surface area contributed by atoms with E-state index in [9.17, 15) is 0 Å². The maximum absolute atomic E-state index is 5.54. The van der Waals surface area contributed by atoms with Crippen LogP contribution in [0, 0.1) is 6.92 Å². The van der Waals surface area contributed by atoms with Crippen LogP contribution in [0.15, 0.2) is 4.99 Å². The summed E-state index contributed by atoms with van der Waals surface area (Å²) in [4.78, 5) is 3.81. The van der Waals surface area contributed by atoms with Crippen LogP contribution in [0.2, 0.25) is 0 Å². The summed E-state index contributed by atoms with van der Waals surface area (Å²) in [6.45, 7) is 2.49. The molecule has 1 heterocycles. The lowest BCUT2D eigenvalue weighted by Gasteiger charge is -2.06. The lowest BCUT2D eigenvalue weighted by atomic mass is 10.2. The summed E-state index contributed by atoms with van der Waals surface area (Å²) in [6.07, 6.45) is 0. The van der Waals surface area contributed by atoms with E-state index in [0.29, 0.717) is 12.5 Å². The zero-order chi connectivity index (χ0) is 11.4. The quantitative estimate of drug-likeness (QED) is 0.535. The minimum atomic E-state index is 0.403. The molecule has 6 heteroatoms. The van der Waals surface area contributed by atoms with Gasteiger partial charge in [-0.3, -0.25) is 4.99 Å². The van der Waals surface area contributed by atoms with Crippen molar-refractivity contribution in [2.24, 2.45) is 17.8 Å². The molecule has 0 amide bonds. The van der Waals surface area contributed by atoms with Gasteiger partial charge in [0.05, 0.1) is 24.9 Å². The Bertz CT molecular complexity index is 369. The number of ether oxygens (including phenoxy) is 1. The first-order valence-electron chi connectivity index (χ1n) is 4.62. The highest BCUT2D eigenvalue weighted by molar-refractivity contribution is 5.77. The van der Waals surface area contributed by atoms with Gasteiger partial charge in [-0.05, 0) is 6.92 Å². The second-order valence-corrected chi connectivity index (χ2v) is 3.16. The largest absolute Gasteiger partial charge is 0.481 e. The summed E-state index contributed by atoms with van der Waals surface area (Å²) < 4.78 is 6.94. The summed E-state index contributed by atoms with van der Waals surface area (Å²) in [5.41, 5.74) is 7.45. The Labute approximate surface area is 89.1 Å². The predicted molar refractivity (Wildman–Crippen MR) is 58.9 cm³/mol. The molecule has 1 aromatic heterocycles. The number of aryl methyl sites for hydroxylation is 2. The highest BCUT2D eigenvalue weighted by Crippen LogP contribution is 2.20. The van der Waals surface area contributed by atoms with Crippen molar-refractivity contribution in [2.75, 3.05) is 14.2 Å². The average Bonchev–Trinajstić information content (AvgIpc) is 2.49. The van der Waals surface area contributed by atoms with Crippen molar-refractivity contribution >= 4 is 5.96 Å². The standard InChI is InChI=1S/C9H17N5O/c1-6-7(5-12-9(10)11-2)8(15-4)14(3)13-6/h5H2,1-4H3,(H3,10,11,12). The number of rotatable bonds is 3. The maximum atomic E-state index is 5.54. The number of hydrogen-bond acceptors (Lipinski definition) is 3. The van der Waals surface area contributed by atoms with Gasteiger partial charge in [-0.15, -0.1) is 0 Å². The molecule has 0 aromatic carbocycles. The maximum Gasteiger partial charge on any atom is 0.216 e. The molecular formula is C9H17N5O. The smallest absolute Gasteiger partial charge is 0.216 e. The van der Waals surface area contributed by atoms with Gasteiger partial charge in [0.25, 0.3) is 0 Å². The van der Waals surface area contributed by atoms with Crippen LogP contribution in [0.4, 0.5) is 0 Å². The summed E-state index contributed by atoms with van der Waals surface area (Å²) in [5.74, 6) is 1.14. The number of guanidine groups is 1. The summed E-state index contributed by atoms with van der Waals surface area (Å²) in [6, 6.07) is 0. The first kappa shape index (κ1) is 11.4. The number of aromatic nitrogens is 2. The number of aliphatic imine (C=N–C) groups is 1. The topological polar surface area (TPSA) is 77.5 Å². The van der Waals surface area contributed by atoms with Crippen molar-refractivity contribution in [3.63, 3.8) is 0 Å². The monoisotopic (exact) mass is 211 g/mol. The second kappa shape index (κ2) is 4.68. The van der Waals surface area contributed by atoms with Crippen LogP contribution < -0.4 is 15.8 Å². The van der Waals surface area contributed by atoms with Gasteiger partial charge < -0.3 is 15.8 Å². The van der Waals surface area contributed by atoms with E-state index in [4.69, 9.17) is 10.5 Å². The van der Waals surface area contributed by atoms with Crippen molar-refractivity contribution < 1.29 is 4.74 Å². The van der Waals surface area contributed by atoms with Crippen LogP contribution in [0.5, 0.6) is 5.88 Å². The molecule has 6 nitrogen and oxygen atoms in total. The van der Waals surface area contributed by atoms with E-state index in [0.717, 1.165) is 17.1 Å². The number of nitrogens with two attached hydrogens (primary N) is 1. The van der Waals surface area contributed by atoms with Crippen LogP contribution in [0.3, 0.4) is 0 Å². The fourth-order valence-corrected chi connectivity index (χ4v) is 1.40. The van der Waals surface area contributed by atoms with Crippen molar-refractivity contribution in [3.05, 3.63) is 11.3 Å². The van der Waals surface area contributed by atoms with Gasteiger partial charge in [0, 0.05) is 14.1 Å². The van der Waals surface area contributed by atoms with Gasteiger partial charge in [0.1, 0.15) is 0 Å². The minimum Gasteiger partial charge on any atom is -0.481 e. The van der Waals surface area contributed by atoms with Gasteiger partial charge in [-0.2, -0.15) is 5.10 Å². The zero-order valence-corrected chi connectivity index (χ0v) is 9.53. The Balaban J connectivity index is 2.84. The number of nitrogens with one attached hydrogen (secondary N) is 1. The molecule has 1 aromatic rings. The highest BCUT2D eigenvalue weighted by Gasteiger charge is 2.13. The van der Waals surface area contributed by atoms with E-state index < -0.39 is 0 Å². The first-order chi connectivity index (χ1) is 7.10. The number of hydrogen-bond donors (Lipinski definition) is 2. The molecule has 0 aliphatic heterocycles. The van der Waals surface area contributed by atoms with E-state index in [1.807, 2.05) is 14.0 Å². The van der Waals surface area contributed by atoms with Gasteiger partial charge in [0.15, 0.2) is 5.96 Å². The number of nitrogens with zero attached hydrogens (tertiary/aromatic N) is 3. The third-order valence-electron chi connectivity index (χ3n) is 2.17. The molecule has 0 bridgehead atoms. The molecule has 0 saturated carbocycles. The fraction of sp³-hybridized carbons (Fsp3) is 0.556. The van der Waals surface area contributed by atoms with Gasteiger partial charge >= 0.3 is 0 Å². The van der Waals surface area contributed by atoms with Crippen LogP contribution in [0.1, 0.15) is 11.3 Å². The van der Waals surface area contributed by atoms with E-state index in [2.05, 4.69) is 15.4 Å². The van der Waals surface area contributed by atoms with Crippen LogP contribution in [0.25, 0.3) is 0 Å². The molecule has 0 saturated heterocycles. The van der Waals surface area contributed by atoms with Crippen LogP contribution in [-0.2, 0) is 13.6 Å². The fourth-order valence-electron chi connectivity index (χ4n) is 1.40. The van der Waals surface area contributed by atoms with Crippen LogP contribution >= 0.6 is 0 Å². The van der Waals surface area contributed by atoms with Gasteiger partial charge in [-0.1, -0.05) is 0 Å². The molecule has 1 rings (SSSR count). The van der Waals surface area contributed by atoms with E-state index >= 15 is 0 Å². The van der Waals surface area contributed by atoms with E-state index in [1.165, 1.54) is 0 Å². The third-order valence-corrected chi connectivity index (χ3v) is 2.17. The van der Waals surface area contributed by atoms with Gasteiger partial charge in [-0.25, -0.2) is 4.68 Å².